The van der Waals surface area contributed by atoms with Crippen LogP contribution in [0.25, 0.3) is 11.3 Å². The van der Waals surface area contributed by atoms with Crippen molar-refractivity contribution in [3.05, 3.63) is 36.2 Å². The van der Waals surface area contributed by atoms with Gasteiger partial charge in [-0.1, -0.05) is 25.1 Å². The molecule has 5 heteroatoms. The van der Waals surface area contributed by atoms with Crippen LogP contribution in [-0.2, 0) is 6.42 Å². The van der Waals surface area contributed by atoms with Crippen LogP contribution < -0.4 is 10.6 Å². The Balaban J connectivity index is 2.05. The molecule has 0 saturated carbocycles. The molecule has 5 nitrogen and oxygen atoms in total. The van der Waals surface area contributed by atoms with E-state index in [1.165, 1.54) is 0 Å². The highest BCUT2D eigenvalue weighted by atomic mass is 16.3. The largest absolute Gasteiger partial charge is 0.394 e. The van der Waals surface area contributed by atoms with Crippen molar-refractivity contribution < 1.29 is 5.11 Å². The second-order valence-corrected chi connectivity index (χ2v) is 5.20. The highest BCUT2D eigenvalue weighted by Gasteiger charge is 2.19. The van der Waals surface area contributed by atoms with Crippen molar-refractivity contribution in [1.29, 1.82) is 0 Å². The zero-order chi connectivity index (χ0) is 14.7. The van der Waals surface area contributed by atoms with Gasteiger partial charge < -0.3 is 15.7 Å². The number of rotatable bonds is 4. The maximum Gasteiger partial charge on any atom is 0.133 e. The van der Waals surface area contributed by atoms with E-state index in [-0.39, 0.29) is 12.6 Å². The summed E-state index contributed by atoms with van der Waals surface area (Å²) in [5.74, 6) is 0.833. The minimum atomic E-state index is 0.0236. The van der Waals surface area contributed by atoms with Gasteiger partial charge in [-0.2, -0.15) is 0 Å². The highest BCUT2D eigenvalue weighted by Crippen LogP contribution is 2.34. The lowest BCUT2D eigenvalue weighted by Crippen LogP contribution is -2.24. The summed E-state index contributed by atoms with van der Waals surface area (Å²) in [6, 6.07) is 8.22. The third-order valence-corrected chi connectivity index (χ3v) is 3.87. The van der Waals surface area contributed by atoms with Crippen LogP contribution in [0.5, 0.6) is 0 Å². The maximum atomic E-state index is 9.39. The molecule has 0 bridgehead atoms. The van der Waals surface area contributed by atoms with Crippen LogP contribution >= 0.6 is 0 Å². The summed E-state index contributed by atoms with van der Waals surface area (Å²) in [5, 5.41) is 16.2. The molecule has 1 aromatic carbocycles. The number of fused-ring (bicyclic) bond motifs is 3. The SMILES string of the molecule is CCC(CO)Nc1ncnc2c1CCNc1ccccc1-2. The van der Waals surface area contributed by atoms with Gasteiger partial charge in [0.1, 0.15) is 12.1 Å². The van der Waals surface area contributed by atoms with Crippen LogP contribution in [0.1, 0.15) is 18.9 Å². The third kappa shape index (κ3) is 2.69. The third-order valence-electron chi connectivity index (χ3n) is 3.87. The molecule has 3 N–H and O–H groups in total. The lowest BCUT2D eigenvalue weighted by Gasteiger charge is -2.18. The summed E-state index contributed by atoms with van der Waals surface area (Å²) >= 11 is 0. The zero-order valence-electron chi connectivity index (χ0n) is 12.1. The topological polar surface area (TPSA) is 70.1 Å². The predicted molar refractivity (Wildman–Crippen MR) is 84.4 cm³/mol. The van der Waals surface area contributed by atoms with Gasteiger partial charge in [0, 0.05) is 23.4 Å². The molecule has 1 aliphatic rings. The normalized spacial score (nSPS) is 14.4. The summed E-state index contributed by atoms with van der Waals surface area (Å²) in [6.07, 6.45) is 3.30. The molecule has 1 unspecified atom stereocenters. The van der Waals surface area contributed by atoms with Crippen LogP contribution in [0, 0.1) is 0 Å². The predicted octanol–water partition coefficient (Wildman–Crippen LogP) is 2.29. The highest BCUT2D eigenvalue weighted by molar-refractivity contribution is 5.80. The zero-order valence-corrected chi connectivity index (χ0v) is 12.1. The molecule has 2 heterocycles. The Morgan fingerprint density at radius 3 is 3.00 bits per heavy atom. The van der Waals surface area contributed by atoms with Crippen LogP contribution in [-0.4, -0.2) is 34.3 Å². The van der Waals surface area contributed by atoms with Gasteiger partial charge in [0.2, 0.25) is 0 Å². The molecular formula is C16H20N4O. The first kappa shape index (κ1) is 13.8. The Bertz CT molecular complexity index is 625. The molecule has 0 radical (unpaired) electrons. The molecule has 0 fully saturated rings. The number of hydrogen-bond acceptors (Lipinski definition) is 5. The minimum Gasteiger partial charge on any atom is -0.394 e. The molecule has 0 saturated heterocycles. The van der Waals surface area contributed by atoms with Gasteiger partial charge in [-0.25, -0.2) is 9.97 Å². The van der Waals surface area contributed by atoms with Crippen molar-refractivity contribution in [3.8, 4) is 11.3 Å². The number of aliphatic hydroxyl groups is 1. The quantitative estimate of drug-likeness (QED) is 0.803. The summed E-state index contributed by atoms with van der Waals surface area (Å²) in [4.78, 5) is 8.87. The van der Waals surface area contributed by atoms with Gasteiger partial charge in [0.25, 0.3) is 0 Å². The number of hydrogen-bond donors (Lipinski definition) is 3. The average molecular weight is 284 g/mol. The first-order valence-electron chi connectivity index (χ1n) is 7.38. The van der Waals surface area contributed by atoms with Gasteiger partial charge >= 0.3 is 0 Å². The number of para-hydroxylation sites is 1. The Hall–Kier alpha value is -2.14. The van der Waals surface area contributed by atoms with E-state index in [0.29, 0.717) is 0 Å². The minimum absolute atomic E-state index is 0.0236. The fourth-order valence-corrected chi connectivity index (χ4v) is 2.64. The van der Waals surface area contributed by atoms with Gasteiger partial charge in [0.05, 0.1) is 18.3 Å². The van der Waals surface area contributed by atoms with E-state index in [4.69, 9.17) is 0 Å². The number of anilines is 2. The molecule has 2 aromatic rings. The van der Waals surface area contributed by atoms with E-state index in [1.54, 1.807) is 6.33 Å². The number of nitrogens with zero attached hydrogens (tertiary/aromatic N) is 2. The van der Waals surface area contributed by atoms with Crippen molar-refractivity contribution in [1.82, 2.24) is 9.97 Å². The molecule has 0 aliphatic carbocycles. The van der Waals surface area contributed by atoms with Crippen LogP contribution in [0.4, 0.5) is 11.5 Å². The maximum absolute atomic E-state index is 9.39. The molecule has 0 amide bonds. The van der Waals surface area contributed by atoms with Gasteiger partial charge in [0.15, 0.2) is 0 Å². The Kier molecular flexibility index (Phi) is 4.01. The van der Waals surface area contributed by atoms with Gasteiger partial charge in [-0.15, -0.1) is 0 Å². The number of benzene rings is 1. The van der Waals surface area contributed by atoms with Crippen LogP contribution in [0.2, 0.25) is 0 Å². The molecule has 1 atom stereocenters. The van der Waals surface area contributed by atoms with Crippen molar-refractivity contribution in [2.45, 2.75) is 25.8 Å². The Morgan fingerprint density at radius 2 is 2.19 bits per heavy atom. The fraction of sp³-hybridized carbons (Fsp3) is 0.375. The first-order valence-corrected chi connectivity index (χ1v) is 7.38. The number of aromatic nitrogens is 2. The van der Waals surface area contributed by atoms with Crippen molar-refractivity contribution >= 4 is 11.5 Å². The second kappa shape index (κ2) is 6.10. The van der Waals surface area contributed by atoms with E-state index < -0.39 is 0 Å². The van der Waals surface area contributed by atoms with E-state index in [9.17, 15) is 5.11 Å². The Morgan fingerprint density at radius 1 is 1.33 bits per heavy atom. The summed E-state index contributed by atoms with van der Waals surface area (Å²) in [5.41, 5.74) is 4.30. The monoisotopic (exact) mass is 284 g/mol. The van der Waals surface area contributed by atoms with E-state index in [0.717, 1.165) is 47.7 Å². The van der Waals surface area contributed by atoms with E-state index in [1.807, 2.05) is 19.1 Å². The number of aliphatic hydroxyl groups excluding tert-OH is 1. The second-order valence-electron chi connectivity index (χ2n) is 5.20. The standard InChI is InChI=1S/C16H20N4O/c1-2-11(9-21)20-16-13-7-8-17-14-6-4-3-5-12(14)15(13)18-10-19-16/h3-6,10-11,17,21H,2,7-9H2,1H3,(H,18,19,20). The van der Waals surface area contributed by atoms with Gasteiger partial charge in [-0.3, -0.25) is 0 Å². The molecule has 0 spiro atoms. The summed E-state index contributed by atoms with van der Waals surface area (Å²) in [6.45, 7) is 3.00. The summed E-state index contributed by atoms with van der Waals surface area (Å²) in [7, 11) is 0. The fourth-order valence-electron chi connectivity index (χ4n) is 2.64. The van der Waals surface area contributed by atoms with Crippen molar-refractivity contribution in [2.75, 3.05) is 23.8 Å². The molecule has 1 aliphatic heterocycles. The lowest BCUT2D eigenvalue weighted by molar-refractivity contribution is 0.271. The molecule has 110 valence electrons. The molecule has 21 heavy (non-hydrogen) atoms. The number of nitrogens with one attached hydrogen (secondary N) is 2. The van der Waals surface area contributed by atoms with Crippen LogP contribution in [0.15, 0.2) is 30.6 Å². The lowest BCUT2D eigenvalue weighted by atomic mass is 10.0. The van der Waals surface area contributed by atoms with E-state index in [2.05, 4.69) is 32.7 Å². The van der Waals surface area contributed by atoms with Crippen LogP contribution in [0.3, 0.4) is 0 Å². The first-order chi connectivity index (χ1) is 10.3. The molecular weight excluding hydrogens is 264 g/mol. The van der Waals surface area contributed by atoms with Crippen molar-refractivity contribution in [2.24, 2.45) is 0 Å². The summed E-state index contributed by atoms with van der Waals surface area (Å²) < 4.78 is 0. The average Bonchev–Trinajstić information content (AvgIpc) is 2.72. The smallest absolute Gasteiger partial charge is 0.133 e. The van der Waals surface area contributed by atoms with E-state index >= 15 is 0 Å². The van der Waals surface area contributed by atoms with Crippen molar-refractivity contribution in [3.63, 3.8) is 0 Å². The Labute approximate surface area is 124 Å². The van der Waals surface area contributed by atoms with Gasteiger partial charge in [-0.05, 0) is 18.9 Å². The molecule has 1 aromatic heterocycles. The molecule has 3 rings (SSSR count).